The van der Waals surface area contributed by atoms with Crippen LogP contribution in [0.1, 0.15) is 50.4 Å². The molecule has 3 rings (SSSR count). The Bertz CT molecular complexity index is 905. The van der Waals surface area contributed by atoms with Crippen molar-refractivity contribution >= 4 is 11.7 Å². The summed E-state index contributed by atoms with van der Waals surface area (Å²) in [5.74, 6) is -1.19. The molecule has 0 saturated carbocycles. The average molecular weight is 377 g/mol. The maximum absolute atomic E-state index is 12.7. The van der Waals surface area contributed by atoms with E-state index < -0.39 is 17.7 Å². The van der Waals surface area contributed by atoms with E-state index in [0.29, 0.717) is 13.0 Å². The highest BCUT2D eigenvalue weighted by molar-refractivity contribution is 6.08. The fraction of sp³-hybridized carbons (Fsp3) is 0.333. The molecule has 1 aliphatic heterocycles. The lowest BCUT2D eigenvalue weighted by atomic mass is 9.85. The van der Waals surface area contributed by atoms with Gasteiger partial charge in [-0.25, -0.2) is 0 Å². The molecule has 4 nitrogen and oxygen atoms in total. The van der Waals surface area contributed by atoms with Gasteiger partial charge in [0.15, 0.2) is 11.5 Å². The molecular weight excluding hydrogens is 350 g/mol. The minimum absolute atomic E-state index is 0.0123. The standard InChI is InChI=1S/C24H27NO3/c1-16(26)20-21(18-10-12-19(13-11-18)24(2,3)4)25(23(28)22(20)27)15-14-17-8-6-5-7-9-17/h5-13,21,27H,14-15H2,1-4H3. The molecule has 28 heavy (non-hydrogen) atoms. The third-order valence-corrected chi connectivity index (χ3v) is 5.26. The van der Waals surface area contributed by atoms with Gasteiger partial charge in [0.05, 0.1) is 11.6 Å². The number of hydrogen-bond donors (Lipinski definition) is 1. The Kier molecular flexibility index (Phi) is 5.41. The van der Waals surface area contributed by atoms with Crippen molar-refractivity contribution in [2.45, 2.75) is 45.6 Å². The van der Waals surface area contributed by atoms with Gasteiger partial charge in [0.2, 0.25) is 0 Å². The van der Waals surface area contributed by atoms with Crippen molar-refractivity contribution < 1.29 is 14.7 Å². The number of hydrogen-bond acceptors (Lipinski definition) is 3. The highest BCUT2D eigenvalue weighted by Crippen LogP contribution is 2.38. The van der Waals surface area contributed by atoms with Crippen molar-refractivity contribution in [1.82, 2.24) is 4.90 Å². The number of benzene rings is 2. The van der Waals surface area contributed by atoms with E-state index in [2.05, 4.69) is 20.8 Å². The molecule has 0 saturated heterocycles. The highest BCUT2D eigenvalue weighted by atomic mass is 16.3. The molecule has 1 unspecified atom stereocenters. The Labute approximate surface area is 166 Å². The number of carbonyl (C=O) groups is 2. The van der Waals surface area contributed by atoms with Crippen molar-refractivity contribution in [2.75, 3.05) is 6.54 Å². The number of Topliss-reactive ketones (excluding diaryl/α,β-unsaturated/α-hetero) is 1. The summed E-state index contributed by atoms with van der Waals surface area (Å²) in [5.41, 5.74) is 3.31. The van der Waals surface area contributed by atoms with E-state index in [9.17, 15) is 14.7 Å². The van der Waals surface area contributed by atoms with Crippen LogP contribution in [0.2, 0.25) is 0 Å². The Morgan fingerprint density at radius 1 is 1.04 bits per heavy atom. The maximum atomic E-state index is 12.7. The highest BCUT2D eigenvalue weighted by Gasteiger charge is 2.42. The Morgan fingerprint density at radius 3 is 2.18 bits per heavy atom. The quantitative estimate of drug-likeness (QED) is 0.834. The molecule has 1 atom stereocenters. The molecule has 146 valence electrons. The van der Waals surface area contributed by atoms with Crippen LogP contribution in [0.3, 0.4) is 0 Å². The van der Waals surface area contributed by atoms with E-state index in [1.165, 1.54) is 12.5 Å². The second-order valence-corrected chi connectivity index (χ2v) is 8.33. The fourth-order valence-electron chi connectivity index (χ4n) is 3.65. The normalized spacial score (nSPS) is 17.4. The maximum Gasteiger partial charge on any atom is 0.290 e. The molecule has 0 aliphatic carbocycles. The predicted octanol–water partition coefficient (Wildman–Crippen LogP) is 4.51. The van der Waals surface area contributed by atoms with Gasteiger partial charge in [-0.15, -0.1) is 0 Å². The summed E-state index contributed by atoms with van der Waals surface area (Å²) in [4.78, 5) is 26.6. The van der Waals surface area contributed by atoms with Crippen LogP contribution < -0.4 is 0 Å². The third kappa shape index (κ3) is 3.86. The first-order valence-corrected chi connectivity index (χ1v) is 9.59. The smallest absolute Gasteiger partial charge is 0.290 e. The first-order chi connectivity index (χ1) is 13.2. The average Bonchev–Trinajstić information content (AvgIpc) is 2.91. The van der Waals surface area contributed by atoms with Gasteiger partial charge in [-0.05, 0) is 35.4 Å². The number of carbonyl (C=O) groups excluding carboxylic acids is 2. The number of aliphatic hydroxyl groups is 1. The minimum Gasteiger partial charge on any atom is -0.503 e. The van der Waals surface area contributed by atoms with Crippen molar-refractivity contribution in [1.29, 1.82) is 0 Å². The van der Waals surface area contributed by atoms with E-state index >= 15 is 0 Å². The summed E-state index contributed by atoms with van der Waals surface area (Å²) in [6, 6.07) is 17.3. The molecule has 1 N–H and O–H groups in total. The number of amides is 1. The topological polar surface area (TPSA) is 57.6 Å². The van der Waals surface area contributed by atoms with E-state index in [-0.39, 0.29) is 16.8 Å². The van der Waals surface area contributed by atoms with Crippen LogP contribution in [0.4, 0.5) is 0 Å². The van der Waals surface area contributed by atoms with Crippen LogP contribution in [-0.2, 0) is 21.4 Å². The number of rotatable bonds is 5. The van der Waals surface area contributed by atoms with Crippen LogP contribution in [0, 0.1) is 0 Å². The van der Waals surface area contributed by atoms with Gasteiger partial charge in [-0.1, -0.05) is 75.4 Å². The van der Waals surface area contributed by atoms with Gasteiger partial charge < -0.3 is 10.0 Å². The first-order valence-electron chi connectivity index (χ1n) is 9.59. The monoisotopic (exact) mass is 377 g/mol. The van der Waals surface area contributed by atoms with Gasteiger partial charge in [0.1, 0.15) is 0 Å². The molecular formula is C24H27NO3. The summed E-state index contributed by atoms with van der Waals surface area (Å²) in [6.45, 7) is 8.24. The van der Waals surface area contributed by atoms with Gasteiger partial charge in [0, 0.05) is 6.54 Å². The van der Waals surface area contributed by atoms with Crippen LogP contribution in [0.25, 0.3) is 0 Å². The van der Waals surface area contributed by atoms with Crippen molar-refractivity contribution in [3.63, 3.8) is 0 Å². The van der Waals surface area contributed by atoms with Crippen molar-refractivity contribution in [3.05, 3.63) is 82.6 Å². The molecule has 0 radical (unpaired) electrons. The number of ketones is 1. The summed E-state index contributed by atoms with van der Waals surface area (Å²) in [5, 5.41) is 10.4. The van der Waals surface area contributed by atoms with E-state index in [1.807, 2.05) is 54.6 Å². The summed E-state index contributed by atoms with van der Waals surface area (Å²) >= 11 is 0. The van der Waals surface area contributed by atoms with Gasteiger partial charge in [-0.3, -0.25) is 9.59 Å². The molecule has 1 amide bonds. The summed E-state index contributed by atoms with van der Waals surface area (Å²) < 4.78 is 0. The lowest BCUT2D eigenvalue weighted by Crippen LogP contribution is -2.33. The van der Waals surface area contributed by atoms with Gasteiger partial charge >= 0.3 is 0 Å². The lowest BCUT2D eigenvalue weighted by molar-refractivity contribution is -0.129. The fourth-order valence-corrected chi connectivity index (χ4v) is 3.65. The van der Waals surface area contributed by atoms with Crippen molar-refractivity contribution in [2.24, 2.45) is 0 Å². The zero-order chi connectivity index (χ0) is 20.5. The van der Waals surface area contributed by atoms with Gasteiger partial charge in [-0.2, -0.15) is 0 Å². The van der Waals surface area contributed by atoms with E-state index in [4.69, 9.17) is 0 Å². The van der Waals surface area contributed by atoms with Crippen LogP contribution in [-0.4, -0.2) is 28.2 Å². The third-order valence-electron chi connectivity index (χ3n) is 5.26. The van der Waals surface area contributed by atoms with Crippen molar-refractivity contribution in [3.8, 4) is 0 Å². The molecule has 1 heterocycles. The summed E-state index contributed by atoms with van der Waals surface area (Å²) in [7, 11) is 0. The molecule has 0 spiro atoms. The van der Waals surface area contributed by atoms with Crippen LogP contribution in [0.5, 0.6) is 0 Å². The van der Waals surface area contributed by atoms with Crippen LogP contribution >= 0.6 is 0 Å². The molecule has 4 heteroatoms. The lowest BCUT2D eigenvalue weighted by Gasteiger charge is -2.27. The zero-order valence-corrected chi connectivity index (χ0v) is 16.9. The van der Waals surface area contributed by atoms with E-state index in [0.717, 1.165) is 11.1 Å². The molecule has 2 aromatic rings. The van der Waals surface area contributed by atoms with E-state index in [1.54, 1.807) is 4.90 Å². The molecule has 0 fully saturated rings. The SMILES string of the molecule is CC(=O)C1=C(O)C(=O)N(CCc2ccccc2)C1c1ccc(C(C)(C)C)cc1. The molecule has 0 aromatic heterocycles. The Balaban J connectivity index is 1.94. The summed E-state index contributed by atoms with van der Waals surface area (Å²) in [6.07, 6.45) is 0.654. The second-order valence-electron chi connectivity index (χ2n) is 8.33. The largest absolute Gasteiger partial charge is 0.503 e. The first kappa shape index (κ1) is 19.9. The predicted molar refractivity (Wildman–Crippen MR) is 110 cm³/mol. The van der Waals surface area contributed by atoms with Crippen LogP contribution in [0.15, 0.2) is 65.9 Å². The second kappa shape index (κ2) is 7.63. The zero-order valence-electron chi connectivity index (χ0n) is 16.9. The Hall–Kier alpha value is -2.88. The minimum atomic E-state index is -0.553. The molecule has 0 bridgehead atoms. The number of aliphatic hydroxyl groups excluding tert-OH is 1. The number of nitrogens with zero attached hydrogens (tertiary/aromatic N) is 1. The molecule has 2 aromatic carbocycles. The van der Waals surface area contributed by atoms with Gasteiger partial charge in [0.25, 0.3) is 5.91 Å². The Morgan fingerprint density at radius 2 is 1.64 bits per heavy atom. The molecule has 1 aliphatic rings.